The standard InChI is InChI=1S/C27H30N6O2/c1-3-32-20(2)23(26(35)33-27(32)28-25(29-33)21-10-6-4-7-11-21)14-15-24(34)31-18-16-30(17-19-31)22-12-8-5-9-13-22/h4-13H,3,14-19H2,1-2H3. The summed E-state index contributed by atoms with van der Waals surface area (Å²) in [6.45, 7) is 7.61. The maximum Gasteiger partial charge on any atom is 0.279 e. The third-order valence-electron chi connectivity index (χ3n) is 6.81. The molecule has 8 heteroatoms. The molecular weight excluding hydrogens is 440 g/mol. The van der Waals surface area contributed by atoms with Crippen LogP contribution in [0.2, 0.25) is 0 Å². The second-order valence-electron chi connectivity index (χ2n) is 8.83. The van der Waals surface area contributed by atoms with Crippen molar-refractivity contribution in [2.24, 2.45) is 0 Å². The minimum atomic E-state index is -0.196. The van der Waals surface area contributed by atoms with Crippen molar-refractivity contribution >= 4 is 17.4 Å². The SMILES string of the molecule is CCn1c(C)c(CCC(=O)N2CCN(c3ccccc3)CC2)c(=O)n2nc(-c3ccccc3)nc12. The first kappa shape index (κ1) is 22.8. The third-order valence-corrected chi connectivity index (χ3v) is 6.81. The zero-order chi connectivity index (χ0) is 24.4. The second kappa shape index (κ2) is 9.74. The molecule has 2 aromatic heterocycles. The predicted octanol–water partition coefficient (Wildman–Crippen LogP) is 3.17. The van der Waals surface area contributed by atoms with E-state index in [1.165, 1.54) is 10.2 Å². The monoisotopic (exact) mass is 470 g/mol. The van der Waals surface area contributed by atoms with E-state index in [-0.39, 0.29) is 11.5 Å². The van der Waals surface area contributed by atoms with Crippen molar-refractivity contribution in [1.82, 2.24) is 24.1 Å². The van der Waals surface area contributed by atoms with Crippen LogP contribution in [0.25, 0.3) is 17.2 Å². The van der Waals surface area contributed by atoms with Gasteiger partial charge in [0, 0.05) is 61.7 Å². The fraction of sp³-hybridized carbons (Fsp3) is 0.333. The number of benzene rings is 2. The van der Waals surface area contributed by atoms with Crippen molar-refractivity contribution in [2.75, 3.05) is 31.1 Å². The lowest BCUT2D eigenvalue weighted by Gasteiger charge is -2.36. The molecule has 1 saturated heterocycles. The van der Waals surface area contributed by atoms with Gasteiger partial charge in [0.1, 0.15) is 0 Å². The molecule has 0 N–H and O–H groups in total. The van der Waals surface area contributed by atoms with E-state index >= 15 is 0 Å². The summed E-state index contributed by atoms with van der Waals surface area (Å²) in [6.07, 6.45) is 0.690. The molecule has 35 heavy (non-hydrogen) atoms. The highest BCUT2D eigenvalue weighted by molar-refractivity contribution is 5.77. The number of hydrogen-bond acceptors (Lipinski definition) is 5. The summed E-state index contributed by atoms with van der Waals surface area (Å²) in [4.78, 5) is 35.2. The topological polar surface area (TPSA) is 75.7 Å². The molecular formula is C27H30N6O2. The quantitative estimate of drug-likeness (QED) is 0.433. The van der Waals surface area contributed by atoms with Gasteiger partial charge in [-0.05, 0) is 32.4 Å². The first-order valence-electron chi connectivity index (χ1n) is 12.2. The Morgan fingerprint density at radius 2 is 1.60 bits per heavy atom. The Balaban J connectivity index is 1.33. The smallest absolute Gasteiger partial charge is 0.279 e. The molecule has 0 unspecified atom stereocenters. The highest BCUT2D eigenvalue weighted by atomic mass is 16.2. The van der Waals surface area contributed by atoms with E-state index in [9.17, 15) is 9.59 Å². The molecule has 0 atom stereocenters. The maximum absolute atomic E-state index is 13.4. The van der Waals surface area contributed by atoms with Crippen LogP contribution in [0.5, 0.6) is 0 Å². The molecule has 1 fully saturated rings. The summed E-state index contributed by atoms with van der Waals surface area (Å²) >= 11 is 0. The van der Waals surface area contributed by atoms with Gasteiger partial charge in [-0.2, -0.15) is 9.50 Å². The van der Waals surface area contributed by atoms with Gasteiger partial charge in [0.15, 0.2) is 5.82 Å². The van der Waals surface area contributed by atoms with E-state index in [0.717, 1.165) is 24.3 Å². The molecule has 1 aliphatic heterocycles. The minimum absolute atomic E-state index is 0.0863. The van der Waals surface area contributed by atoms with Gasteiger partial charge in [-0.15, -0.1) is 5.10 Å². The van der Waals surface area contributed by atoms with Crippen molar-refractivity contribution in [3.63, 3.8) is 0 Å². The van der Waals surface area contributed by atoms with Crippen LogP contribution in [-0.2, 0) is 17.8 Å². The summed E-state index contributed by atoms with van der Waals surface area (Å²) in [6, 6.07) is 19.9. The van der Waals surface area contributed by atoms with E-state index < -0.39 is 0 Å². The Morgan fingerprint density at radius 3 is 2.26 bits per heavy atom. The number of carbonyl (C=O) groups is 1. The Labute approximate surface area is 204 Å². The van der Waals surface area contributed by atoms with Gasteiger partial charge in [0.2, 0.25) is 11.7 Å². The summed E-state index contributed by atoms with van der Waals surface area (Å²) in [5.41, 5.74) is 3.33. The van der Waals surface area contributed by atoms with Gasteiger partial charge in [-0.3, -0.25) is 9.59 Å². The van der Waals surface area contributed by atoms with Crippen LogP contribution < -0.4 is 10.5 Å². The van der Waals surface area contributed by atoms with Crippen LogP contribution in [0.1, 0.15) is 24.6 Å². The Kier molecular flexibility index (Phi) is 6.35. The number of hydrogen-bond donors (Lipinski definition) is 0. The molecule has 0 bridgehead atoms. The molecule has 1 aliphatic rings. The predicted molar refractivity (Wildman–Crippen MR) is 137 cm³/mol. The number of para-hydroxylation sites is 1. The number of amides is 1. The molecule has 3 heterocycles. The lowest BCUT2D eigenvalue weighted by atomic mass is 10.1. The van der Waals surface area contributed by atoms with Crippen LogP contribution in [-0.4, -0.2) is 56.2 Å². The first-order valence-corrected chi connectivity index (χ1v) is 12.2. The third kappa shape index (κ3) is 4.43. The molecule has 1 amide bonds. The van der Waals surface area contributed by atoms with E-state index in [2.05, 4.69) is 27.1 Å². The van der Waals surface area contributed by atoms with E-state index in [4.69, 9.17) is 0 Å². The minimum Gasteiger partial charge on any atom is -0.368 e. The zero-order valence-corrected chi connectivity index (χ0v) is 20.2. The Bertz CT molecular complexity index is 1390. The molecule has 8 nitrogen and oxygen atoms in total. The zero-order valence-electron chi connectivity index (χ0n) is 20.2. The molecule has 2 aromatic carbocycles. The van der Waals surface area contributed by atoms with Gasteiger partial charge in [0.25, 0.3) is 5.56 Å². The van der Waals surface area contributed by atoms with Crippen molar-refractivity contribution in [1.29, 1.82) is 0 Å². The molecule has 0 radical (unpaired) electrons. The van der Waals surface area contributed by atoms with Crippen molar-refractivity contribution in [3.8, 4) is 11.4 Å². The number of aromatic nitrogens is 4. The number of nitrogens with zero attached hydrogens (tertiary/aromatic N) is 6. The Hall–Kier alpha value is -3.94. The lowest BCUT2D eigenvalue weighted by Crippen LogP contribution is -2.48. The van der Waals surface area contributed by atoms with Crippen LogP contribution in [0.15, 0.2) is 65.5 Å². The van der Waals surface area contributed by atoms with Gasteiger partial charge in [-0.1, -0.05) is 48.5 Å². The molecule has 180 valence electrons. The Morgan fingerprint density at radius 1 is 0.943 bits per heavy atom. The number of anilines is 1. The normalized spacial score (nSPS) is 14.0. The largest absolute Gasteiger partial charge is 0.368 e. The summed E-state index contributed by atoms with van der Waals surface area (Å²) in [7, 11) is 0. The average Bonchev–Trinajstić information content (AvgIpc) is 3.35. The van der Waals surface area contributed by atoms with Crippen LogP contribution in [0.3, 0.4) is 0 Å². The van der Waals surface area contributed by atoms with E-state index in [0.29, 0.717) is 49.6 Å². The fourth-order valence-electron chi connectivity index (χ4n) is 4.83. The van der Waals surface area contributed by atoms with Crippen LogP contribution >= 0.6 is 0 Å². The average molecular weight is 471 g/mol. The lowest BCUT2D eigenvalue weighted by molar-refractivity contribution is -0.131. The summed E-state index contributed by atoms with van der Waals surface area (Å²) < 4.78 is 3.39. The molecule has 0 saturated carbocycles. The fourth-order valence-corrected chi connectivity index (χ4v) is 4.83. The molecule has 4 aromatic rings. The number of rotatable bonds is 6. The van der Waals surface area contributed by atoms with Gasteiger partial charge in [-0.25, -0.2) is 0 Å². The second-order valence-corrected chi connectivity index (χ2v) is 8.83. The number of carbonyl (C=O) groups excluding carboxylic acids is 1. The van der Waals surface area contributed by atoms with Gasteiger partial charge < -0.3 is 14.4 Å². The highest BCUT2D eigenvalue weighted by Gasteiger charge is 2.23. The van der Waals surface area contributed by atoms with Gasteiger partial charge >= 0.3 is 0 Å². The van der Waals surface area contributed by atoms with Crippen molar-refractivity contribution < 1.29 is 4.79 Å². The summed E-state index contributed by atoms with van der Waals surface area (Å²) in [5.74, 6) is 1.14. The van der Waals surface area contributed by atoms with Crippen molar-refractivity contribution in [3.05, 3.63) is 82.3 Å². The van der Waals surface area contributed by atoms with Crippen LogP contribution in [0, 0.1) is 6.92 Å². The number of aryl methyl sites for hydroxylation is 1. The van der Waals surface area contributed by atoms with E-state index in [1.807, 2.05) is 71.8 Å². The van der Waals surface area contributed by atoms with Crippen LogP contribution in [0.4, 0.5) is 5.69 Å². The molecule has 0 aliphatic carbocycles. The molecule has 0 spiro atoms. The number of fused-ring (bicyclic) bond motifs is 1. The number of piperazine rings is 1. The highest BCUT2D eigenvalue weighted by Crippen LogP contribution is 2.19. The maximum atomic E-state index is 13.4. The van der Waals surface area contributed by atoms with Gasteiger partial charge in [0.05, 0.1) is 0 Å². The van der Waals surface area contributed by atoms with E-state index in [1.54, 1.807) is 0 Å². The molecule has 5 rings (SSSR count). The summed E-state index contributed by atoms with van der Waals surface area (Å²) in [5, 5.41) is 4.52. The van der Waals surface area contributed by atoms with Crippen molar-refractivity contribution in [2.45, 2.75) is 33.2 Å². The first-order chi connectivity index (χ1) is 17.1.